The third-order valence-corrected chi connectivity index (χ3v) is 0. The Bertz CT molecular complexity index is 27.2. The largest absolute Gasteiger partial charge is 3.00 e. The van der Waals surface area contributed by atoms with Gasteiger partial charge in [-0.3, -0.25) is 0 Å². The molecule has 0 saturated heterocycles. The molecule has 4 nitrogen and oxygen atoms in total. The van der Waals surface area contributed by atoms with Crippen molar-refractivity contribution in [2.24, 2.45) is 0 Å². The molecule has 0 aliphatic heterocycles. The zero-order chi connectivity index (χ0) is 4.50. The molecule has 7 heteroatoms. The van der Waals surface area contributed by atoms with Gasteiger partial charge in [-0.05, 0) is 0 Å². The van der Waals surface area contributed by atoms with Crippen LogP contribution in [0.5, 0.6) is 0 Å². The predicted molar refractivity (Wildman–Crippen MR) is 5.75 cm³/mol. The molecule has 7 heavy (non-hydrogen) atoms. The summed E-state index contributed by atoms with van der Waals surface area (Å²) in [5, 5.41) is 0. The van der Waals surface area contributed by atoms with E-state index < -0.39 is 9.05 Å². The van der Waals surface area contributed by atoms with E-state index in [2.05, 4.69) is 0 Å². The van der Waals surface area contributed by atoms with Gasteiger partial charge in [-0.2, -0.15) is 0 Å². The summed E-state index contributed by atoms with van der Waals surface area (Å²) in [7, 11) is -5.61. The van der Waals surface area contributed by atoms with Crippen molar-refractivity contribution in [2.75, 3.05) is 0 Å². The molecule has 0 atom stereocenters. The Morgan fingerprint density at radius 2 is 0.857 bits per heavy atom. The van der Waals surface area contributed by atoms with Crippen molar-refractivity contribution in [2.45, 2.75) is 0 Å². The summed E-state index contributed by atoms with van der Waals surface area (Å²) in [4.78, 5) is 34.3. The van der Waals surface area contributed by atoms with Crippen LogP contribution in [0.1, 0.15) is 0 Å². The van der Waals surface area contributed by atoms with E-state index in [9.17, 15) is 0 Å². The first-order valence-corrected chi connectivity index (χ1v) is 2.45. The van der Waals surface area contributed by atoms with E-state index in [1.165, 1.54) is 0 Å². The summed E-state index contributed by atoms with van der Waals surface area (Å²) in [5.74, 6) is 0. The van der Waals surface area contributed by atoms with Gasteiger partial charge in [0.1, 0.15) is 0 Å². The quantitative estimate of drug-likeness (QED) is 0.386. The van der Waals surface area contributed by atoms with Crippen molar-refractivity contribution < 1.29 is 77.7 Å². The molecule has 0 fully saturated rings. The number of rotatable bonds is 0. The molecule has 0 N–H and O–H groups in total. The third-order valence-electron chi connectivity index (χ3n) is 0. The molecule has 32 valence electrons. The van der Waals surface area contributed by atoms with Gasteiger partial charge in [-0.1, -0.05) is 0 Å². The summed E-state index contributed by atoms with van der Waals surface area (Å²) in [5.41, 5.74) is 0. The van der Waals surface area contributed by atoms with Crippen LogP contribution in [0, 0.1) is 0 Å². The van der Waals surface area contributed by atoms with Crippen molar-refractivity contribution in [3.63, 3.8) is 0 Å². The van der Waals surface area contributed by atoms with Gasteiger partial charge < -0.3 is 28.2 Å². The monoisotopic (exact) mass is 226 g/mol. The fourth-order valence-corrected chi connectivity index (χ4v) is 0. The van der Waals surface area contributed by atoms with Crippen LogP contribution >= 0.6 is 0 Å². The molecule has 0 aromatic carbocycles. The Kier molecular flexibility index (Phi) is 14.1. The first-order chi connectivity index (χ1) is 2.00. The minimum absolute atomic E-state index is 0. The second-order valence-electron chi connectivity index (χ2n) is 0.500. The summed E-state index contributed by atoms with van der Waals surface area (Å²) in [6.45, 7) is 0. The first kappa shape index (κ1) is 16.0. The van der Waals surface area contributed by atoms with Gasteiger partial charge >= 0.3 is 58.6 Å². The van der Waals surface area contributed by atoms with Gasteiger partial charge in [0.15, 0.2) is 0 Å². The number of hydrogen-bond acceptors (Lipinski definition) is 4. The average molecular weight is 226 g/mol. The molecule has 0 aromatic heterocycles. The SMILES string of the molecule is [O-][Si]([O-])([O-])[O-].[Sc+3].[Y+3]. The maximum atomic E-state index is 8.58. The van der Waals surface area contributed by atoms with Gasteiger partial charge in [-0.25, -0.2) is 0 Å². The second kappa shape index (κ2) is 6.16. The van der Waals surface area contributed by atoms with Crippen molar-refractivity contribution in [1.29, 1.82) is 0 Å². The molecule has 0 bridgehead atoms. The van der Waals surface area contributed by atoms with Gasteiger partial charge in [0.2, 0.25) is 0 Å². The van der Waals surface area contributed by atoms with Gasteiger partial charge in [-0.15, -0.1) is 0 Å². The van der Waals surface area contributed by atoms with E-state index in [-0.39, 0.29) is 58.6 Å². The minimum atomic E-state index is -5.61. The van der Waals surface area contributed by atoms with Gasteiger partial charge in [0.25, 0.3) is 0 Å². The van der Waals surface area contributed by atoms with Crippen molar-refractivity contribution >= 4 is 9.05 Å². The van der Waals surface area contributed by atoms with Crippen LogP contribution in [0.2, 0.25) is 0 Å². The van der Waals surface area contributed by atoms with E-state index >= 15 is 0 Å². The standard InChI is InChI=1S/O4Si.Sc.Y/c1-5(2,3)4;;/q-4;2*+3. The summed E-state index contributed by atoms with van der Waals surface area (Å²) >= 11 is 0. The van der Waals surface area contributed by atoms with Crippen molar-refractivity contribution in [3.05, 3.63) is 0 Å². The fourth-order valence-electron chi connectivity index (χ4n) is 0. The molecule has 0 radical (unpaired) electrons. The zero-order valence-electron chi connectivity index (χ0n) is 3.29. The summed E-state index contributed by atoms with van der Waals surface area (Å²) in [6, 6.07) is 0. The molecular formula is O4ScSiY+2. The Morgan fingerprint density at radius 1 is 0.857 bits per heavy atom. The molecular weight excluding hydrogens is 226 g/mol. The summed E-state index contributed by atoms with van der Waals surface area (Å²) < 4.78 is 0. The Morgan fingerprint density at radius 3 is 0.857 bits per heavy atom. The van der Waals surface area contributed by atoms with Crippen LogP contribution < -0.4 is 19.2 Å². The Hall–Kier alpha value is 2.03. The van der Waals surface area contributed by atoms with Crippen LogP contribution in [-0.2, 0) is 58.6 Å². The van der Waals surface area contributed by atoms with E-state index in [4.69, 9.17) is 19.2 Å². The van der Waals surface area contributed by atoms with E-state index in [0.29, 0.717) is 0 Å². The van der Waals surface area contributed by atoms with Crippen LogP contribution in [0.15, 0.2) is 0 Å². The Labute approximate surface area is 85.7 Å². The molecule has 0 aromatic rings. The molecule has 0 aliphatic carbocycles. The van der Waals surface area contributed by atoms with Crippen molar-refractivity contribution in [3.8, 4) is 0 Å². The molecule has 0 rings (SSSR count). The summed E-state index contributed by atoms with van der Waals surface area (Å²) in [6.07, 6.45) is 0. The molecule has 0 spiro atoms. The molecule has 0 amide bonds. The normalized spacial score (nSPS) is 8.57. The minimum Gasteiger partial charge on any atom is -0.894 e. The van der Waals surface area contributed by atoms with Gasteiger partial charge in [0.05, 0.1) is 0 Å². The maximum absolute atomic E-state index is 8.58. The van der Waals surface area contributed by atoms with Crippen LogP contribution in [0.25, 0.3) is 0 Å². The van der Waals surface area contributed by atoms with Gasteiger partial charge in [0, 0.05) is 0 Å². The smallest absolute Gasteiger partial charge is 0.894 e. The molecule has 0 unspecified atom stereocenters. The molecule has 0 heterocycles. The van der Waals surface area contributed by atoms with Crippen LogP contribution in [0.3, 0.4) is 0 Å². The first-order valence-electron chi connectivity index (χ1n) is 0.816. The average Bonchev–Trinajstić information content (AvgIpc) is 0.722. The number of hydrogen-bond donors (Lipinski definition) is 0. The van der Waals surface area contributed by atoms with Crippen LogP contribution in [-0.4, -0.2) is 9.05 Å². The van der Waals surface area contributed by atoms with E-state index in [0.717, 1.165) is 0 Å². The predicted octanol–water partition coefficient (Wildman–Crippen LogP) is -5.14. The Balaban J connectivity index is -0.0000000800. The zero-order valence-corrected chi connectivity index (χ0v) is 8.93. The van der Waals surface area contributed by atoms with E-state index in [1.54, 1.807) is 0 Å². The second-order valence-corrected chi connectivity index (χ2v) is 1.50. The third kappa shape index (κ3) is 70.8. The molecule has 0 aliphatic rings. The topological polar surface area (TPSA) is 92.2 Å². The van der Waals surface area contributed by atoms with Crippen molar-refractivity contribution in [1.82, 2.24) is 0 Å². The molecule has 0 saturated carbocycles. The maximum Gasteiger partial charge on any atom is 3.00 e. The van der Waals surface area contributed by atoms with Crippen LogP contribution in [0.4, 0.5) is 0 Å². The fraction of sp³-hybridized carbons (Fsp3) is 0. The van der Waals surface area contributed by atoms with E-state index in [1.807, 2.05) is 0 Å².